The third kappa shape index (κ3) is 2.41. The molecular weight excluding hydrogens is 240 g/mol. The van der Waals surface area contributed by atoms with Gasteiger partial charge in [-0.1, -0.05) is 11.6 Å². The largest absolute Gasteiger partial charge is 0.461 e. The Hall–Kier alpha value is -1.36. The summed E-state index contributed by atoms with van der Waals surface area (Å²) in [6.45, 7) is 1.31. The number of nitrogen functional groups attached to an aromatic ring is 1. The van der Waals surface area contributed by atoms with Gasteiger partial charge in [0.2, 0.25) is 0 Å². The second kappa shape index (κ2) is 4.65. The Kier molecular flexibility index (Phi) is 3.70. The van der Waals surface area contributed by atoms with Crippen LogP contribution < -0.4 is 5.73 Å². The summed E-state index contributed by atoms with van der Waals surface area (Å²) in [6.07, 6.45) is 0. The molecule has 3 nitrogen and oxygen atoms in total. The van der Waals surface area contributed by atoms with Gasteiger partial charge >= 0.3 is 11.9 Å². The molecule has 0 heterocycles. The maximum atomic E-state index is 13.6. The highest BCUT2D eigenvalue weighted by Gasteiger charge is 2.44. The lowest BCUT2D eigenvalue weighted by molar-refractivity contribution is -0.172. The molecule has 0 unspecified atom stereocenters. The van der Waals surface area contributed by atoms with Crippen molar-refractivity contribution in [1.82, 2.24) is 0 Å². The van der Waals surface area contributed by atoms with Gasteiger partial charge in [-0.3, -0.25) is 0 Å². The summed E-state index contributed by atoms with van der Waals surface area (Å²) in [5, 5.41) is 0.0770. The first-order valence-electron chi connectivity index (χ1n) is 4.50. The smallest absolute Gasteiger partial charge is 0.382 e. The summed E-state index contributed by atoms with van der Waals surface area (Å²) in [5.41, 5.74) is 4.52. The Balaban J connectivity index is 3.15. The molecule has 88 valence electrons. The van der Waals surface area contributed by atoms with Gasteiger partial charge in [0, 0.05) is 10.7 Å². The molecule has 0 spiro atoms. The SMILES string of the molecule is CCOC(=O)C(F)(F)c1cc(Cl)ccc1N. The van der Waals surface area contributed by atoms with Crippen LogP contribution in [0.3, 0.4) is 0 Å². The number of rotatable bonds is 3. The highest BCUT2D eigenvalue weighted by atomic mass is 35.5. The van der Waals surface area contributed by atoms with Gasteiger partial charge in [0.1, 0.15) is 0 Å². The Morgan fingerprint density at radius 1 is 1.56 bits per heavy atom. The Morgan fingerprint density at radius 2 is 2.19 bits per heavy atom. The molecule has 0 radical (unpaired) electrons. The average Bonchev–Trinajstić information content (AvgIpc) is 2.22. The van der Waals surface area contributed by atoms with E-state index in [1.807, 2.05) is 0 Å². The third-order valence-electron chi connectivity index (χ3n) is 1.89. The maximum absolute atomic E-state index is 13.6. The van der Waals surface area contributed by atoms with E-state index in [4.69, 9.17) is 17.3 Å². The van der Waals surface area contributed by atoms with Crippen molar-refractivity contribution in [3.63, 3.8) is 0 Å². The van der Waals surface area contributed by atoms with Crippen molar-refractivity contribution >= 4 is 23.3 Å². The predicted molar refractivity (Wildman–Crippen MR) is 56.4 cm³/mol. The predicted octanol–water partition coefficient (Wildman–Crippen LogP) is 2.58. The van der Waals surface area contributed by atoms with Crippen LogP contribution in [0.2, 0.25) is 5.02 Å². The Morgan fingerprint density at radius 3 is 2.75 bits per heavy atom. The summed E-state index contributed by atoms with van der Waals surface area (Å²) in [4.78, 5) is 11.1. The molecule has 0 amide bonds. The van der Waals surface area contributed by atoms with Crippen molar-refractivity contribution in [2.75, 3.05) is 12.3 Å². The van der Waals surface area contributed by atoms with Crippen molar-refractivity contribution in [1.29, 1.82) is 0 Å². The van der Waals surface area contributed by atoms with Gasteiger partial charge in [0.25, 0.3) is 0 Å². The van der Waals surface area contributed by atoms with Crippen LogP contribution in [0.5, 0.6) is 0 Å². The number of hydrogen-bond acceptors (Lipinski definition) is 3. The number of nitrogens with two attached hydrogens (primary N) is 1. The molecule has 0 bridgehead atoms. The number of anilines is 1. The first kappa shape index (κ1) is 12.7. The molecule has 6 heteroatoms. The van der Waals surface area contributed by atoms with Crippen molar-refractivity contribution in [3.05, 3.63) is 28.8 Å². The number of esters is 1. The van der Waals surface area contributed by atoms with Crippen LogP contribution in [0, 0.1) is 0 Å². The minimum Gasteiger partial charge on any atom is -0.461 e. The first-order valence-corrected chi connectivity index (χ1v) is 4.88. The average molecular weight is 250 g/mol. The van der Waals surface area contributed by atoms with E-state index in [1.165, 1.54) is 19.1 Å². The van der Waals surface area contributed by atoms with Crippen LogP contribution in [0.25, 0.3) is 0 Å². The molecule has 0 aromatic heterocycles. The van der Waals surface area contributed by atoms with E-state index in [1.54, 1.807) is 0 Å². The summed E-state index contributed by atoms with van der Waals surface area (Å²) in [6, 6.07) is 3.53. The fourth-order valence-electron chi connectivity index (χ4n) is 1.13. The van der Waals surface area contributed by atoms with Gasteiger partial charge in [-0.2, -0.15) is 8.78 Å². The molecule has 1 aromatic rings. The molecule has 2 N–H and O–H groups in total. The van der Waals surface area contributed by atoms with Gasteiger partial charge in [0.15, 0.2) is 0 Å². The van der Waals surface area contributed by atoms with Crippen molar-refractivity contribution in [2.24, 2.45) is 0 Å². The Labute approximate surface area is 96.1 Å². The molecule has 0 aliphatic carbocycles. The lowest BCUT2D eigenvalue weighted by atomic mass is 10.1. The van der Waals surface area contributed by atoms with Crippen LogP contribution in [0.15, 0.2) is 18.2 Å². The van der Waals surface area contributed by atoms with Gasteiger partial charge in [0.05, 0.1) is 12.2 Å². The van der Waals surface area contributed by atoms with Crippen LogP contribution in [-0.4, -0.2) is 12.6 Å². The molecule has 0 aliphatic heterocycles. The van der Waals surface area contributed by atoms with E-state index in [9.17, 15) is 13.6 Å². The number of benzene rings is 1. The molecule has 0 fully saturated rings. The zero-order valence-corrected chi connectivity index (χ0v) is 9.22. The minimum absolute atomic E-state index is 0.0770. The topological polar surface area (TPSA) is 52.3 Å². The fraction of sp³-hybridized carbons (Fsp3) is 0.300. The van der Waals surface area contributed by atoms with Crippen molar-refractivity contribution < 1.29 is 18.3 Å². The van der Waals surface area contributed by atoms with Gasteiger partial charge < -0.3 is 10.5 Å². The number of hydrogen-bond donors (Lipinski definition) is 1. The molecule has 0 saturated carbocycles. The van der Waals surface area contributed by atoms with Gasteiger partial charge in [-0.05, 0) is 25.1 Å². The van der Waals surface area contributed by atoms with E-state index < -0.39 is 17.5 Å². The van der Waals surface area contributed by atoms with Crippen molar-refractivity contribution in [2.45, 2.75) is 12.8 Å². The third-order valence-corrected chi connectivity index (χ3v) is 2.12. The molecule has 16 heavy (non-hydrogen) atoms. The van der Waals surface area contributed by atoms with Crippen LogP contribution in [-0.2, 0) is 15.5 Å². The Bertz CT molecular complexity index is 410. The highest BCUT2D eigenvalue weighted by molar-refractivity contribution is 6.30. The molecule has 0 saturated heterocycles. The number of halogens is 3. The zero-order valence-electron chi connectivity index (χ0n) is 8.47. The summed E-state index contributed by atoms with van der Waals surface area (Å²) >= 11 is 5.56. The standard InChI is InChI=1S/C10H10ClF2NO2/c1-2-16-9(15)10(12,13)7-5-6(11)3-4-8(7)14/h3-5H,2,14H2,1H3. The lowest BCUT2D eigenvalue weighted by Crippen LogP contribution is -2.29. The summed E-state index contributed by atoms with van der Waals surface area (Å²) in [5.74, 6) is -5.42. The lowest BCUT2D eigenvalue weighted by Gasteiger charge is -2.16. The van der Waals surface area contributed by atoms with E-state index in [0.29, 0.717) is 0 Å². The zero-order chi connectivity index (χ0) is 12.3. The van der Waals surface area contributed by atoms with Crippen LogP contribution >= 0.6 is 11.6 Å². The summed E-state index contributed by atoms with van der Waals surface area (Å²) < 4.78 is 31.4. The van der Waals surface area contributed by atoms with Gasteiger partial charge in [-0.15, -0.1) is 0 Å². The number of carbonyl (C=O) groups excluding carboxylic acids is 1. The molecular formula is C10H10ClF2NO2. The van der Waals surface area contributed by atoms with E-state index in [-0.39, 0.29) is 17.3 Å². The van der Waals surface area contributed by atoms with Crippen molar-refractivity contribution in [3.8, 4) is 0 Å². The minimum atomic E-state index is -3.79. The molecule has 0 aliphatic rings. The van der Waals surface area contributed by atoms with E-state index in [0.717, 1.165) is 6.07 Å². The monoisotopic (exact) mass is 249 g/mol. The second-order valence-electron chi connectivity index (χ2n) is 3.03. The fourth-order valence-corrected chi connectivity index (χ4v) is 1.30. The van der Waals surface area contributed by atoms with Gasteiger partial charge in [-0.25, -0.2) is 4.79 Å². The summed E-state index contributed by atoms with van der Waals surface area (Å²) in [7, 11) is 0. The quantitative estimate of drug-likeness (QED) is 0.662. The van der Waals surface area contributed by atoms with E-state index >= 15 is 0 Å². The number of ether oxygens (including phenoxy) is 1. The second-order valence-corrected chi connectivity index (χ2v) is 3.46. The maximum Gasteiger partial charge on any atom is 0.382 e. The number of carbonyl (C=O) groups is 1. The number of alkyl halides is 2. The molecule has 1 rings (SSSR count). The molecule has 0 atom stereocenters. The van der Waals surface area contributed by atoms with E-state index in [2.05, 4.69) is 4.74 Å². The van der Waals surface area contributed by atoms with Crippen LogP contribution in [0.4, 0.5) is 14.5 Å². The highest BCUT2D eigenvalue weighted by Crippen LogP contribution is 2.35. The normalized spacial score (nSPS) is 11.2. The van der Waals surface area contributed by atoms with Crippen LogP contribution in [0.1, 0.15) is 12.5 Å². The molecule has 1 aromatic carbocycles. The first-order chi connectivity index (χ1) is 7.39.